The molecule has 28 heavy (non-hydrogen) atoms. The van der Waals surface area contributed by atoms with Crippen molar-refractivity contribution in [1.29, 1.82) is 0 Å². The zero-order chi connectivity index (χ0) is 20.3. The van der Waals surface area contributed by atoms with E-state index in [9.17, 15) is 18.0 Å². The maximum Gasteiger partial charge on any atom is 0.357 e. The maximum atomic E-state index is 12.7. The first kappa shape index (κ1) is 20.3. The topological polar surface area (TPSA) is 93.6 Å². The average Bonchev–Trinajstić information content (AvgIpc) is 3.02. The Balaban J connectivity index is 1.66. The summed E-state index contributed by atoms with van der Waals surface area (Å²) in [6, 6.07) is 10.4. The number of esters is 1. The van der Waals surface area contributed by atoms with Crippen LogP contribution in [-0.2, 0) is 19.4 Å². The molecule has 0 N–H and O–H groups in total. The quantitative estimate of drug-likeness (QED) is 0.684. The van der Waals surface area contributed by atoms with Gasteiger partial charge in [-0.25, -0.2) is 18.2 Å². The molecule has 1 fully saturated rings. The number of ether oxygens (including phenoxy) is 1. The van der Waals surface area contributed by atoms with E-state index in [0.717, 1.165) is 5.39 Å². The molecule has 2 heterocycles. The molecule has 0 unspecified atom stereocenters. The molecule has 8 heteroatoms. The van der Waals surface area contributed by atoms with Gasteiger partial charge in [-0.15, -0.1) is 0 Å². The van der Waals surface area contributed by atoms with Gasteiger partial charge in [0.05, 0.1) is 17.0 Å². The van der Waals surface area contributed by atoms with Gasteiger partial charge in [0, 0.05) is 18.0 Å². The molecule has 1 saturated heterocycles. The normalized spacial score (nSPS) is 18.3. The van der Waals surface area contributed by atoms with Crippen LogP contribution >= 0.6 is 0 Å². The fourth-order valence-electron chi connectivity index (χ4n) is 3.33. The number of aromatic nitrogens is 1. The standard InChI is InChI=1S/C20H24N2O5S/c1-14(2)11-22(16-9-10-28(25,26)13-16)19(23)12-27-20(24)18-8-7-15-5-3-4-6-17(15)21-18/h3-8,14,16H,9-13H2,1-2H3/t16-/m0/s1. The van der Waals surface area contributed by atoms with Crippen molar-refractivity contribution in [3.05, 3.63) is 42.1 Å². The van der Waals surface area contributed by atoms with Crippen LogP contribution in [0.15, 0.2) is 36.4 Å². The highest BCUT2D eigenvalue weighted by atomic mass is 32.2. The van der Waals surface area contributed by atoms with Crippen LogP contribution < -0.4 is 0 Å². The van der Waals surface area contributed by atoms with Crippen LogP contribution in [0.3, 0.4) is 0 Å². The molecule has 1 aromatic heterocycles. The molecule has 1 atom stereocenters. The molecule has 0 bridgehead atoms. The zero-order valence-corrected chi connectivity index (χ0v) is 16.8. The average molecular weight is 404 g/mol. The first-order chi connectivity index (χ1) is 13.2. The second-order valence-electron chi connectivity index (χ2n) is 7.46. The molecule has 1 aliphatic heterocycles. The lowest BCUT2D eigenvalue weighted by Gasteiger charge is -2.29. The molecule has 2 aromatic rings. The summed E-state index contributed by atoms with van der Waals surface area (Å²) in [5, 5.41) is 0.903. The summed E-state index contributed by atoms with van der Waals surface area (Å²) < 4.78 is 28.7. The van der Waals surface area contributed by atoms with Crippen molar-refractivity contribution in [1.82, 2.24) is 9.88 Å². The van der Waals surface area contributed by atoms with Crippen LogP contribution in [0, 0.1) is 5.92 Å². The summed E-state index contributed by atoms with van der Waals surface area (Å²) in [7, 11) is -3.12. The number of carbonyl (C=O) groups excluding carboxylic acids is 2. The number of para-hydroxylation sites is 1. The molecular formula is C20H24N2O5S. The van der Waals surface area contributed by atoms with Crippen molar-refractivity contribution in [3.63, 3.8) is 0 Å². The Kier molecular flexibility index (Phi) is 5.98. The van der Waals surface area contributed by atoms with E-state index in [0.29, 0.717) is 18.5 Å². The molecular weight excluding hydrogens is 380 g/mol. The third-order valence-electron chi connectivity index (χ3n) is 4.67. The second kappa shape index (κ2) is 8.26. The van der Waals surface area contributed by atoms with Gasteiger partial charge in [-0.1, -0.05) is 38.1 Å². The lowest BCUT2D eigenvalue weighted by Crippen LogP contribution is -2.45. The zero-order valence-electron chi connectivity index (χ0n) is 16.0. The third-order valence-corrected chi connectivity index (χ3v) is 6.42. The minimum atomic E-state index is -3.12. The monoisotopic (exact) mass is 404 g/mol. The lowest BCUT2D eigenvalue weighted by molar-refractivity contribution is -0.137. The first-order valence-electron chi connectivity index (χ1n) is 9.28. The lowest BCUT2D eigenvalue weighted by atomic mass is 10.1. The predicted molar refractivity (Wildman–Crippen MR) is 106 cm³/mol. The number of sulfone groups is 1. The van der Waals surface area contributed by atoms with Crippen LogP contribution in [0.2, 0.25) is 0 Å². The minimum absolute atomic E-state index is 0.0361. The van der Waals surface area contributed by atoms with Gasteiger partial charge < -0.3 is 9.64 Å². The number of hydrogen-bond donors (Lipinski definition) is 0. The Labute approximate surface area is 164 Å². The molecule has 150 valence electrons. The van der Waals surface area contributed by atoms with E-state index in [-0.39, 0.29) is 35.1 Å². The number of rotatable bonds is 6. The van der Waals surface area contributed by atoms with Gasteiger partial charge in [0.1, 0.15) is 5.69 Å². The summed E-state index contributed by atoms with van der Waals surface area (Å²) in [6.45, 7) is 3.89. The van der Waals surface area contributed by atoms with E-state index in [4.69, 9.17) is 4.74 Å². The molecule has 0 saturated carbocycles. The fourth-order valence-corrected chi connectivity index (χ4v) is 5.06. The van der Waals surface area contributed by atoms with Gasteiger partial charge in [-0.3, -0.25) is 4.79 Å². The van der Waals surface area contributed by atoms with Gasteiger partial charge in [0.2, 0.25) is 0 Å². The molecule has 1 aliphatic rings. The van der Waals surface area contributed by atoms with E-state index in [2.05, 4.69) is 4.98 Å². The number of nitrogens with zero attached hydrogens (tertiary/aromatic N) is 2. The largest absolute Gasteiger partial charge is 0.451 e. The number of carbonyl (C=O) groups is 2. The molecule has 0 aliphatic carbocycles. The van der Waals surface area contributed by atoms with Crippen molar-refractivity contribution in [2.45, 2.75) is 26.3 Å². The maximum absolute atomic E-state index is 12.7. The third kappa shape index (κ3) is 4.86. The molecule has 1 aromatic carbocycles. The van der Waals surface area contributed by atoms with Crippen molar-refractivity contribution in [2.75, 3.05) is 24.7 Å². The highest BCUT2D eigenvalue weighted by Crippen LogP contribution is 2.19. The van der Waals surface area contributed by atoms with Gasteiger partial charge >= 0.3 is 5.97 Å². The Hall–Kier alpha value is -2.48. The van der Waals surface area contributed by atoms with Gasteiger partial charge in [0.15, 0.2) is 16.4 Å². The highest BCUT2D eigenvalue weighted by molar-refractivity contribution is 7.91. The summed E-state index contributed by atoms with van der Waals surface area (Å²) in [5.41, 5.74) is 0.797. The SMILES string of the molecule is CC(C)CN(C(=O)COC(=O)c1ccc2ccccc2n1)[C@H]1CCS(=O)(=O)C1. The minimum Gasteiger partial charge on any atom is -0.451 e. The van der Waals surface area contributed by atoms with Crippen LogP contribution in [-0.4, -0.2) is 60.9 Å². The van der Waals surface area contributed by atoms with Crippen LogP contribution in [0.25, 0.3) is 10.9 Å². The van der Waals surface area contributed by atoms with Crippen molar-refractivity contribution in [3.8, 4) is 0 Å². The molecule has 3 rings (SSSR count). The molecule has 7 nitrogen and oxygen atoms in total. The van der Waals surface area contributed by atoms with Crippen molar-refractivity contribution in [2.24, 2.45) is 5.92 Å². The fraction of sp³-hybridized carbons (Fsp3) is 0.450. The number of amides is 1. The molecule has 1 amide bonds. The van der Waals surface area contributed by atoms with Gasteiger partial charge in [0.25, 0.3) is 5.91 Å². The van der Waals surface area contributed by atoms with E-state index < -0.39 is 22.4 Å². The van der Waals surface area contributed by atoms with Gasteiger partial charge in [-0.2, -0.15) is 0 Å². The number of hydrogen-bond acceptors (Lipinski definition) is 6. The van der Waals surface area contributed by atoms with E-state index in [1.54, 1.807) is 18.2 Å². The number of benzene rings is 1. The summed E-state index contributed by atoms with van der Waals surface area (Å²) >= 11 is 0. The highest BCUT2D eigenvalue weighted by Gasteiger charge is 2.35. The van der Waals surface area contributed by atoms with Crippen LogP contribution in [0.5, 0.6) is 0 Å². The number of pyridine rings is 1. The number of fused-ring (bicyclic) bond motifs is 1. The Morgan fingerprint density at radius 2 is 1.96 bits per heavy atom. The van der Waals surface area contributed by atoms with Crippen molar-refractivity contribution < 1.29 is 22.7 Å². The Bertz CT molecular complexity index is 987. The van der Waals surface area contributed by atoms with Crippen molar-refractivity contribution >= 4 is 32.6 Å². The van der Waals surface area contributed by atoms with Gasteiger partial charge in [-0.05, 0) is 24.5 Å². The summed E-state index contributed by atoms with van der Waals surface area (Å²) in [5.74, 6) is -0.843. The second-order valence-corrected chi connectivity index (χ2v) is 9.69. The molecule has 0 spiro atoms. The Morgan fingerprint density at radius 1 is 1.21 bits per heavy atom. The smallest absolute Gasteiger partial charge is 0.357 e. The Morgan fingerprint density at radius 3 is 2.64 bits per heavy atom. The predicted octanol–water partition coefficient (Wildman–Crippen LogP) is 2.06. The summed E-state index contributed by atoms with van der Waals surface area (Å²) in [4.78, 5) is 30.8. The summed E-state index contributed by atoms with van der Waals surface area (Å²) in [6.07, 6.45) is 0.418. The molecule has 0 radical (unpaired) electrons. The van der Waals surface area contributed by atoms with E-state index >= 15 is 0 Å². The van der Waals surface area contributed by atoms with Crippen LogP contribution in [0.4, 0.5) is 0 Å². The van der Waals surface area contributed by atoms with E-state index in [1.807, 2.05) is 32.0 Å². The van der Waals surface area contributed by atoms with E-state index in [1.165, 1.54) is 4.90 Å². The first-order valence-corrected chi connectivity index (χ1v) is 11.1. The van der Waals surface area contributed by atoms with Crippen LogP contribution in [0.1, 0.15) is 30.8 Å².